The molecule has 0 aliphatic carbocycles. The lowest BCUT2D eigenvalue weighted by atomic mass is 10.2. The van der Waals surface area contributed by atoms with Crippen molar-refractivity contribution in [2.75, 3.05) is 10.6 Å². The van der Waals surface area contributed by atoms with Gasteiger partial charge in [0.05, 0.1) is 11.4 Å². The quantitative estimate of drug-likeness (QED) is 0.649. The predicted molar refractivity (Wildman–Crippen MR) is 84.7 cm³/mol. The lowest BCUT2D eigenvalue weighted by Gasteiger charge is -2.09. The number of halogens is 4. The molecular weight excluding hydrogens is 340 g/mol. The molecule has 2 rings (SSSR count). The zero-order valence-corrected chi connectivity index (χ0v) is 12.9. The van der Waals surface area contributed by atoms with Crippen LogP contribution in [0, 0.1) is 23.3 Å². The first-order chi connectivity index (χ1) is 11.8. The Kier molecular flexibility index (Phi) is 5.53. The van der Waals surface area contributed by atoms with Gasteiger partial charge in [-0.25, -0.2) is 17.6 Å². The van der Waals surface area contributed by atoms with E-state index in [1.54, 1.807) is 0 Å². The molecule has 25 heavy (non-hydrogen) atoms. The van der Waals surface area contributed by atoms with Crippen LogP contribution in [0.1, 0.15) is 12.5 Å². The smallest absolute Gasteiger partial charge is 0.248 e. The average Bonchev–Trinajstić information content (AvgIpc) is 2.51. The van der Waals surface area contributed by atoms with E-state index < -0.39 is 46.3 Å². The summed E-state index contributed by atoms with van der Waals surface area (Å²) in [4.78, 5) is 22.8. The normalized spacial score (nSPS) is 10.8. The maximum absolute atomic E-state index is 13.7. The van der Waals surface area contributed by atoms with E-state index in [1.807, 2.05) is 0 Å². The number of carbonyl (C=O) groups excluding carboxylic acids is 2. The summed E-state index contributed by atoms with van der Waals surface area (Å²) in [5, 5.41) is 4.23. The van der Waals surface area contributed by atoms with Crippen LogP contribution in [-0.2, 0) is 9.59 Å². The maximum Gasteiger partial charge on any atom is 0.248 e. The van der Waals surface area contributed by atoms with Gasteiger partial charge in [0.15, 0.2) is 0 Å². The minimum atomic E-state index is -1.08. The van der Waals surface area contributed by atoms with Crippen molar-refractivity contribution in [1.29, 1.82) is 0 Å². The minimum absolute atomic E-state index is 0.326. The van der Waals surface area contributed by atoms with Crippen LogP contribution in [0.25, 0.3) is 6.08 Å². The molecule has 2 N–H and O–H groups in total. The van der Waals surface area contributed by atoms with Crippen LogP contribution < -0.4 is 10.6 Å². The Labute approximate surface area is 140 Å². The van der Waals surface area contributed by atoms with Gasteiger partial charge in [0.25, 0.3) is 0 Å². The van der Waals surface area contributed by atoms with Gasteiger partial charge in [0.1, 0.15) is 23.3 Å². The molecule has 2 aromatic rings. The third-order valence-corrected chi connectivity index (χ3v) is 3.03. The van der Waals surface area contributed by atoms with Crippen molar-refractivity contribution in [3.8, 4) is 0 Å². The molecule has 0 aliphatic heterocycles. The zero-order valence-electron chi connectivity index (χ0n) is 12.9. The highest BCUT2D eigenvalue weighted by Crippen LogP contribution is 2.23. The Balaban J connectivity index is 2.20. The molecule has 0 bridgehead atoms. The van der Waals surface area contributed by atoms with Crippen molar-refractivity contribution in [1.82, 2.24) is 0 Å². The standard InChI is InChI=1S/C17H12F4N2O2/c1-9(24)22-15-8-16(14(21)7-13(15)20)23-17(25)6-5-10-11(18)3-2-4-12(10)19/h2-8H,1H3,(H,22,24)(H,23,25)/b6-5+. The van der Waals surface area contributed by atoms with Gasteiger partial charge in [-0.1, -0.05) is 6.07 Å². The van der Waals surface area contributed by atoms with Gasteiger partial charge < -0.3 is 10.6 Å². The van der Waals surface area contributed by atoms with Crippen molar-refractivity contribution in [2.45, 2.75) is 6.92 Å². The highest BCUT2D eigenvalue weighted by atomic mass is 19.1. The van der Waals surface area contributed by atoms with Gasteiger partial charge in [0, 0.05) is 24.6 Å². The summed E-state index contributed by atoms with van der Waals surface area (Å²) in [7, 11) is 0. The molecule has 130 valence electrons. The monoisotopic (exact) mass is 352 g/mol. The number of rotatable bonds is 4. The van der Waals surface area contributed by atoms with Crippen LogP contribution in [-0.4, -0.2) is 11.8 Å². The number of hydrogen-bond donors (Lipinski definition) is 2. The molecule has 0 spiro atoms. The SMILES string of the molecule is CC(=O)Nc1cc(NC(=O)/C=C/c2c(F)cccc2F)c(F)cc1F. The fraction of sp³-hybridized carbons (Fsp3) is 0.0588. The molecule has 0 radical (unpaired) electrons. The van der Waals surface area contributed by atoms with Crippen LogP contribution in [0.15, 0.2) is 36.4 Å². The molecule has 2 amide bonds. The lowest BCUT2D eigenvalue weighted by Crippen LogP contribution is -2.12. The second-order valence-electron chi connectivity index (χ2n) is 4.95. The lowest BCUT2D eigenvalue weighted by molar-refractivity contribution is -0.114. The van der Waals surface area contributed by atoms with E-state index in [2.05, 4.69) is 10.6 Å². The molecule has 4 nitrogen and oxygen atoms in total. The number of amides is 2. The number of hydrogen-bond acceptors (Lipinski definition) is 2. The first kappa shape index (κ1) is 18.2. The molecule has 2 aromatic carbocycles. The third-order valence-electron chi connectivity index (χ3n) is 3.03. The summed E-state index contributed by atoms with van der Waals surface area (Å²) >= 11 is 0. The van der Waals surface area contributed by atoms with Crippen molar-refractivity contribution in [3.05, 3.63) is 65.2 Å². The Morgan fingerprint density at radius 1 is 0.880 bits per heavy atom. The Morgan fingerprint density at radius 2 is 1.44 bits per heavy atom. The average molecular weight is 352 g/mol. The number of benzene rings is 2. The number of carbonyl (C=O) groups is 2. The summed E-state index contributed by atoms with van der Waals surface area (Å²) in [6.07, 6.45) is 1.68. The Hall–Kier alpha value is -3.16. The summed E-state index contributed by atoms with van der Waals surface area (Å²) < 4.78 is 54.1. The van der Waals surface area contributed by atoms with E-state index in [-0.39, 0.29) is 5.69 Å². The van der Waals surface area contributed by atoms with Crippen molar-refractivity contribution >= 4 is 29.3 Å². The van der Waals surface area contributed by atoms with Gasteiger partial charge in [-0.05, 0) is 24.3 Å². The van der Waals surface area contributed by atoms with Crippen LogP contribution in [0.3, 0.4) is 0 Å². The highest BCUT2D eigenvalue weighted by molar-refractivity contribution is 6.02. The highest BCUT2D eigenvalue weighted by Gasteiger charge is 2.13. The summed E-state index contributed by atoms with van der Waals surface area (Å²) in [5.41, 5.74) is -1.17. The third kappa shape index (κ3) is 4.66. The van der Waals surface area contributed by atoms with E-state index in [9.17, 15) is 27.2 Å². The molecule has 0 heterocycles. The van der Waals surface area contributed by atoms with E-state index in [1.165, 1.54) is 6.07 Å². The summed E-state index contributed by atoms with van der Waals surface area (Å²) in [5.74, 6) is -5.32. The molecule has 0 fully saturated rings. The minimum Gasteiger partial charge on any atom is -0.324 e. The van der Waals surface area contributed by atoms with E-state index in [4.69, 9.17) is 0 Å². The van der Waals surface area contributed by atoms with Crippen LogP contribution in [0.4, 0.5) is 28.9 Å². The Morgan fingerprint density at radius 3 is 2.00 bits per heavy atom. The van der Waals surface area contributed by atoms with E-state index in [0.29, 0.717) is 6.07 Å². The first-order valence-electron chi connectivity index (χ1n) is 6.97. The largest absolute Gasteiger partial charge is 0.324 e. The molecule has 0 saturated carbocycles. The summed E-state index contributed by atoms with van der Waals surface area (Å²) in [6.45, 7) is 1.13. The van der Waals surface area contributed by atoms with E-state index in [0.717, 1.165) is 37.3 Å². The van der Waals surface area contributed by atoms with Crippen LogP contribution >= 0.6 is 0 Å². The van der Waals surface area contributed by atoms with E-state index >= 15 is 0 Å². The van der Waals surface area contributed by atoms with Crippen LogP contribution in [0.2, 0.25) is 0 Å². The fourth-order valence-corrected chi connectivity index (χ4v) is 1.93. The Bertz CT molecular complexity index is 846. The second-order valence-corrected chi connectivity index (χ2v) is 4.95. The maximum atomic E-state index is 13.7. The van der Waals surface area contributed by atoms with Gasteiger partial charge in [0.2, 0.25) is 11.8 Å². The van der Waals surface area contributed by atoms with Gasteiger partial charge in [-0.15, -0.1) is 0 Å². The molecule has 0 saturated heterocycles. The van der Waals surface area contributed by atoms with Crippen molar-refractivity contribution in [3.63, 3.8) is 0 Å². The van der Waals surface area contributed by atoms with Gasteiger partial charge in [-0.3, -0.25) is 9.59 Å². The topological polar surface area (TPSA) is 58.2 Å². The van der Waals surface area contributed by atoms with Crippen LogP contribution in [0.5, 0.6) is 0 Å². The van der Waals surface area contributed by atoms with Gasteiger partial charge in [-0.2, -0.15) is 0 Å². The molecule has 0 atom stereocenters. The molecule has 0 aliphatic rings. The van der Waals surface area contributed by atoms with Gasteiger partial charge >= 0.3 is 0 Å². The first-order valence-corrected chi connectivity index (χ1v) is 6.97. The fourth-order valence-electron chi connectivity index (χ4n) is 1.93. The predicted octanol–water partition coefficient (Wildman–Crippen LogP) is 3.85. The molecule has 0 unspecified atom stereocenters. The molecule has 0 aromatic heterocycles. The second kappa shape index (κ2) is 7.61. The van der Waals surface area contributed by atoms with Crippen molar-refractivity contribution < 1.29 is 27.2 Å². The molecular formula is C17H12F4N2O2. The number of nitrogens with one attached hydrogen (secondary N) is 2. The zero-order chi connectivity index (χ0) is 18.6. The van der Waals surface area contributed by atoms with Crippen molar-refractivity contribution in [2.24, 2.45) is 0 Å². The molecule has 8 heteroatoms. The number of anilines is 2. The summed E-state index contributed by atoms with van der Waals surface area (Å²) in [6, 6.07) is 4.57.